The van der Waals surface area contributed by atoms with Crippen molar-refractivity contribution >= 4 is 0 Å². The number of benzene rings is 2. The Morgan fingerprint density at radius 2 is 1.87 bits per heavy atom. The lowest BCUT2D eigenvalue weighted by Crippen LogP contribution is -2.35. The molecule has 2 aromatic carbocycles. The van der Waals surface area contributed by atoms with Crippen LogP contribution >= 0.6 is 0 Å². The lowest BCUT2D eigenvalue weighted by atomic mass is 10.0. The lowest BCUT2D eigenvalue weighted by Gasteiger charge is -2.28. The Balaban J connectivity index is 1.61. The molecule has 1 aromatic heterocycles. The van der Waals surface area contributed by atoms with Gasteiger partial charge in [0.05, 0.1) is 11.3 Å². The fraction of sp³-hybridized carbons (Fsp3) is 0.273. The SMILES string of the molecule is Cc1ccc(-c2nc3c(c(=O)[nH]2)CCN(Cc2cccc(C(F)(F)F)c2F)C3)cc1. The van der Waals surface area contributed by atoms with Gasteiger partial charge in [-0.25, -0.2) is 9.37 Å². The second kappa shape index (κ2) is 7.68. The smallest absolute Gasteiger partial charge is 0.306 e. The number of halogens is 4. The molecule has 2 heterocycles. The number of nitrogens with zero attached hydrogens (tertiary/aromatic N) is 2. The Morgan fingerprint density at radius 1 is 1.13 bits per heavy atom. The summed E-state index contributed by atoms with van der Waals surface area (Å²) in [5.41, 5.74) is 1.44. The van der Waals surface area contributed by atoms with Gasteiger partial charge in [-0.05, 0) is 19.4 Å². The summed E-state index contributed by atoms with van der Waals surface area (Å²) in [4.78, 5) is 21.7. The Kier molecular flexibility index (Phi) is 5.19. The number of aromatic amines is 1. The summed E-state index contributed by atoms with van der Waals surface area (Å²) in [5.74, 6) is -0.819. The second-order valence-electron chi connectivity index (χ2n) is 7.44. The summed E-state index contributed by atoms with van der Waals surface area (Å²) < 4.78 is 53.3. The third-order valence-electron chi connectivity index (χ3n) is 5.26. The molecule has 1 N–H and O–H groups in total. The van der Waals surface area contributed by atoms with E-state index in [9.17, 15) is 22.4 Å². The van der Waals surface area contributed by atoms with Crippen LogP contribution in [0.2, 0.25) is 0 Å². The van der Waals surface area contributed by atoms with Gasteiger partial charge in [0.1, 0.15) is 11.6 Å². The third kappa shape index (κ3) is 4.00. The molecule has 0 saturated heterocycles. The van der Waals surface area contributed by atoms with E-state index in [4.69, 9.17) is 0 Å². The van der Waals surface area contributed by atoms with Crippen LogP contribution in [0.5, 0.6) is 0 Å². The van der Waals surface area contributed by atoms with E-state index in [-0.39, 0.29) is 24.2 Å². The van der Waals surface area contributed by atoms with E-state index in [0.29, 0.717) is 30.0 Å². The number of nitrogens with one attached hydrogen (secondary N) is 1. The molecule has 0 fully saturated rings. The number of alkyl halides is 3. The minimum atomic E-state index is -4.74. The van der Waals surface area contributed by atoms with Gasteiger partial charge in [0.15, 0.2) is 0 Å². The molecule has 0 atom stereocenters. The summed E-state index contributed by atoms with van der Waals surface area (Å²) in [7, 11) is 0. The van der Waals surface area contributed by atoms with Crippen LogP contribution < -0.4 is 5.56 Å². The highest BCUT2D eigenvalue weighted by molar-refractivity contribution is 5.55. The molecule has 8 heteroatoms. The number of rotatable bonds is 3. The van der Waals surface area contributed by atoms with E-state index in [2.05, 4.69) is 9.97 Å². The molecule has 0 bridgehead atoms. The van der Waals surface area contributed by atoms with Crippen LogP contribution in [0, 0.1) is 12.7 Å². The maximum atomic E-state index is 14.4. The number of aromatic nitrogens is 2. The number of hydrogen-bond donors (Lipinski definition) is 1. The first-order chi connectivity index (χ1) is 14.2. The van der Waals surface area contributed by atoms with E-state index in [1.54, 1.807) is 4.90 Å². The standard InChI is InChI=1S/C22H19F4N3O/c1-13-5-7-14(8-6-13)20-27-18-12-29(10-9-16(18)21(30)28-20)11-15-3-2-4-17(19(15)23)22(24,25)26/h2-8H,9-12H2,1H3,(H,27,28,30). The quantitative estimate of drug-likeness (QED) is 0.640. The van der Waals surface area contributed by atoms with Crippen LogP contribution in [0.1, 0.15) is 27.9 Å². The highest BCUT2D eigenvalue weighted by Crippen LogP contribution is 2.33. The fourth-order valence-corrected chi connectivity index (χ4v) is 3.64. The van der Waals surface area contributed by atoms with Gasteiger partial charge in [-0.15, -0.1) is 0 Å². The Bertz CT molecular complexity index is 1140. The van der Waals surface area contributed by atoms with Crippen molar-refractivity contribution in [2.45, 2.75) is 32.6 Å². The lowest BCUT2D eigenvalue weighted by molar-refractivity contribution is -0.140. The van der Waals surface area contributed by atoms with E-state index >= 15 is 0 Å². The fourth-order valence-electron chi connectivity index (χ4n) is 3.64. The summed E-state index contributed by atoms with van der Waals surface area (Å²) in [6.07, 6.45) is -4.35. The number of aryl methyl sites for hydroxylation is 1. The zero-order valence-electron chi connectivity index (χ0n) is 16.2. The summed E-state index contributed by atoms with van der Waals surface area (Å²) in [6.45, 7) is 2.65. The van der Waals surface area contributed by atoms with Crippen molar-refractivity contribution in [2.24, 2.45) is 0 Å². The van der Waals surface area contributed by atoms with Crippen LogP contribution in [0.25, 0.3) is 11.4 Å². The Hall–Kier alpha value is -3.00. The first-order valence-corrected chi connectivity index (χ1v) is 9.48. The van der Waals surface area contributed by atoms with E-state index in [1.807, 2.05) is 31.2 Å². The predicted molar refractivity (Wildman–Crippen MR) is 104 cm³/mol. The zero-order valence-corrected chi connectivity index (χ0v) is 16.2. The molecule has 3 aromatic rings. The average Bonchev–Trinajstić information content (AvgIpc) is 2.69. The largest absolute Gasteiger partial charge is 0.419 e. The van der Waals surface area contributed by atoms with Gasteiger partial charge in [-0.2, -0.15) is 13.2 Å². The summed E-state index contributed by atoms with van der Waals surface area (Å²) in [5, 5.41) is 0. The van der Waals surface area contributed by atoms with E-state index in [0.717, 1.165) is 17.2 Å². The first kappa shape index (κ1) is 20.3. The van der Waals surface area contributed by atoms with Crippen LogP contribution in [-0.2, 0) is 25.7 Å². The molecular weight excluding hydrogens is 398 g/mol. The topological polar surface area (TPSA) is 49.0 Å². The van der Waals surface area contributed by atoms with Crippen LogP contribution in [0.3, 0.4) is 0 Å². The van der Waals surface area contributed by atoms with Crippen molar-refractivity contribution in [3.8, 4) is 11.4 Å². The second-order valence-corrected chi connectivity index (χ2v) is 7.44. The van der Waals surface area contributed by atoms with Gasteiger partial charge in [-0.1, -0.05) is 42.0 Å². The van der Waals surface area contributed by atoms with Gasteiger partial charge >= 0.3 is 6.18 Å². The molecule has 156 valence electrons. The molecule has 0 radical (unpaired) electrons. The minimum Gasteiger partial charge on any atom is -0.306 e. The van der Waals surface area contributed by atoms with Crippen LogP contribution in [0.4, 0.5) is 17.6 Å². The highest BCUT2D eigenvalue weighted by Gasteiger charge is 2.35. The zero-order chi connectivity index (χ0) is 21.5. The van der Waals surface area contributed by atoms with Gasteiger partial charge in [-0.3, -0.25) is 9.69 Å². The molecule has 0 unspecified atom stereocenters. The molecule has 30 heavy (non-hydrogen) atoms. The normalized spacial score (nSPS) is 14.6. The predicted octanol–water partition coefficient (Wildman–Crippen LogP) is 4.46. The number of hydrogen-bond acceptors (Lipinski definition) is 3. The monoisotopic (exact) mass is 417 g/mol. The molecule has 1 aliphatic rings. The maximum absolute atomic E-state index is 14.4. The van der Waals surface area contributed by atoms with Crippen molar-refractivity contribution < 1.29 is 17.6 Å². The van der Waals surface area contributed by atoms with Crippen molar-refractivity contribution in [1.82, 2.24) is 14.9 Å². The van der Waals surface area contributed by atoms with Gasteiger partial charge in [0.25, 0.3) is 5.56 Å². The Labute approximate surface area is 170 Å². The average molecular weight is 417 g/mol. The number of fused-ring (bicyclic) bond motifs is 1. The van der Waals surface area contributed by atoms with E-state index < -0.39 is 17.6 Å². The van der Waals surface area contributed by atoms with Crippen molar-refractivity contribution in [3.05, 3.63) is 86.6 Å². The Morgan fingerprint density at radius 3 is 2.57 bits per heavy atom. The molecule has 4 rings (SSSR count). The van der Waals surface area contributed by atoms with Gasteiger partial charge in [0.2, 0.25) is 0 Å². The maximum Gasteiger partial charge on any atom is 0.419 e. The third-order valence-corrected chi connectivity index (χ3v) is 5.26. The first-order valence-electron chi connectivity index (χ1n) is 9.48. The minimum absolute atomic E-state index is 0.00351. The molecule has 4 nitrogen and oxygen atoms in total. The molecule has 1 aliphatic heterocycles. The van der Waals surface area contributed by atoms with Crippen molar-refractivity contribution in [3.63, 3.8) is 0 Å². The molecular formula is C22H19F4N3O. The van der Waals surface area contributed by atoms with Gasteiger partial charge in [0, 0.05) is 36.3 Å². The molecule has 0 saturated carbocycles. The molecule has 0 spiro atoms. The summed E-state index contributed by atoms with van der Waals surface area (Å²) in [6, 6.07) is 10.8. The van der Waals surface area contributed by atoms with Crippen LogP contribution in [-0.4, -0.2) is 21.4 Å². The van der Waals surface area contributed by atoms with Crippen LogP contribution in [0.15, 0.2) is 47.3 Å². The van der Waals surface area contributed by atoms with E-state index in [1.165, 1.54) is 12.1 Å². The van der Waals surface area contributed by atoms with Crippen molar-refractivity contribution in [1.29, 1.82) is 0 Å². The van der Waals surface area contributed by atoms with Gasteiger partial charge < -0.3 is 4.98 Å². The highest BCUT2D eigenvalue weighted by atomic mass is 19.4. The summed E-state index contributed by atoms with van der Waals surface area (Å²) >= 11 is 0. The van der Waals surface area contributed by atoms with Crippen molar-refractivity contribution in [2.75, 3.05) is 6.54 Å². The molecule has 0 aliphatic carbocycles. The molecule has 0 amide bonds. The number of H-pyrrole nitrogens is 1.